The van der Waals surface area contributed by atoms with Gasteiger partial charge in [0.15, 0.2) is 0 Å². The van der Waals surface area contributed by atoms with Crippen LogP contribution in [0.2, 0.25) is 0 Å². The molecule has 0 bridgehead atoms. The molecule has 0 spiro atoms. The molecule has 0 fully saturated rings. The number of rotatable bonds is 2. The van der Waals surface area contributed by atoms with Crippen molar-refractivity contribution >= 4 is 0 Å². The average molecular weight is 184 g/mol. The van der Waals surface area contributed by atoms with Crippen LogP contribution >= 0.6 is 0 Å². The summed E-state index contributed by atoms with van der Waals surface area (Å²) in [6, 6.07) is 8.66. The van der Waals surface area contributed by atoms with Crippen molar-refractivity contribution in [3.05, 3.63) is 59.2 Å². The van der Waals surface area contributed by atoms with Gasteiger partial charge in [0.05, 0.1) is 0 Å². The first-order chi connectivity index (χ1) is 6.83. The molecule has 0 radical (unpaired) electrons. The summed E-state index contributed by atoms with van der Waals surface area (Å²) in [5.74, 6) is 0.529. The summed E-state index contributed by atoms with van der Waals surface area (Å²) in [6.07, 6.45) is 7.86. The van der Waals surface area contributed by atoms with E-state index >= 15 is 0 Å². The molecule has 0 aromatic heterocycles. The van der Waals surface area contributed by atoms with Crippen molar-refractivity contribution < 1.29 is 0 Å². The highest BCUT2D eigenvalue weighted by atomic mass is 14.2. The SMILES string of the molecule is CCC1=CC=CC1c1ccccc1C. The second-order valence-corrected chi connectivity index (χ2v) is 3.81. The quantitative estimate of drug-likeness (QED) is 0.652. The lowest BCUT2D eigenvalue weighted by molar-refractivity contribution is 0.918. The van der Waals surface area contributed by atoms with Crippen LogP contribution in [0.25, 0.3) is 0 Å². The molecule has 1 aromatic rings. The lowest BCUT2D eigenvalue weighted by atomic mass is 9.89. The summed E-state index contributed by atoms with van der Waals surface area (Å²) in [6.45, 7) is 4.42. The highest BCUT2D eigenvalue weighted by Gasteiger charge is 2.16. The summed E-state index contributed by atoms with van der Waals surface area (Å²) >= 11 is 0. The van der Waals surface area contributed by atoms with Gasteiger partial charge >= 0.3 is 0 Å². The Morgan fingerprint density at radius 3 is 2.71 bits per heavy atom. The van der Waals surface area contributed by atoms with Crippen LogP contribution in [0.1, 0.15) is 30.4 Å². The molecule has 0 heteroatoms. The first-order valence-corrected chi connectivity index (χ1v) is 5.25. The van der Waals surface area contributed by atoms with Crippen LogP contribution in [0.15, 0.2) is 48.1 Å². The molecule has 0 aliphatic heterocycles. The molecule has 14 heavy (non-hydrogen) atoms. The maximum atomic E-state index is 2.29. The van der Waals surface area contributed by atoms with E-state index < -0.39 is 0 Å². The maximum Gasteiger partial charge on any atom is 0.0237 e. The maximum absolute atomic E-state index is 2.29. The van der Waals surface area contributed by atoms with Crippen molar-refractivity contribution in [3.63, 3.8) is 0 Å². The molecule has 0 saturated carbocycles. The normalized spacial score (nSPS) is 19.9. The summed E-state index contributed by atoms with van der Waals surface area (Å²) < 4.78 is 0. The minimum atomic E-state index is 0.529. The van der Waals surface area contributed by atoms with Crippen LogP contribution in [0.3, 0.4) is 0 Å². The highest BCUT2D eigenvalue weighted by molar-refractivity contribution is 5.43. The Morgan fingerprint density at radius 2 is 2.00 bits per heavy atom. The zero-order valence-corrected chi connectivity index (χ0v) is 8.83. The Hall–Kier alpha value is -1.30. The molecule has 0 nitrogen and oxygen atoms in total. The predicted molar refractivity (Wildman–Crippen MR) is 61.4 cm³/mol. The van der Waals surface area contributed by atoms with Crippen LogP contribution in [-0.2, 0) is 0 Å². The molecule has 1 aliphatic rings. The van der Waals surface area contributed by atoms with Gasteiger partial charge < -0.3 is 0 Å². The number of aryl methyl sites for hydroxylation is 1. The van der Waals surface area contributed by atoms with Crippen molar-refractivity contribution in [1.82, 2.24) is 0 Å². The molecule has 2 rings (SSSR count). The van der Waals surface area contributed by atoms with Crippen molar-refractivity contribution in [2.75, 3.05) is 0 Å². The Labute approximate surface area is 86.0 Å². The van der Waals surface area contributed by atoms with E-state index in [-0.39, 0.29) is 0 Å². The van der Waals surface area contributed by atoms with Gasteiger partial charge in [0.1, 0.15) is 0 Å². The van der Waals surface area contributed by atoms with Gasteiger partial charge in [-0.2, -0.15) is 0 Å². The Bertz CT molecular complexity index is 383. The summed E-state index contributed by atoms with van der Waals surface area (Å²) in [4.78, 5) is 0. The monoisotopic (exact) mass is 184 g/mol. The number of hydrogen-bond donors (Lipinski definition) is 0. The molecule has 0 N–H and O–H groups in total. The van der Waals surface area contributed by atoms with Crippen molar-refractivity contribution in [2.45, 2.75) is 26.2 Å². The van der Waals surface area contributed by atoms with Gasteiger partial charge in [0.25, 0.3) is 0 Å². The van der Waals surface area contributed by atoms with Crippen LogP contribution < -0.4 is 0 Å². The van der Waals surface area contributed by atoms with Crippen LogP contribution in [0.5, 0.6) is 0 Å². The smallest absolute Gasteiger partial charge is 0.0237 e. The standard InChI is InChI=1S/C14H16/c1-3-12-8-6-10-14(12)13-9-5-4-7-11(13)2/h4-10,14H,3H2,1-2H3. The minimum absolute atomic E-state index is 0.529. The van der Waals surface area contributed by atoms with E-state index in [9.17, 15) is 0 Å². The Morgan fingerprint density at radius 1 is 1.21 bits per heavy atom. The lowest BCUT2D eigenvalue weighted by Crippen LogP contribution is -1.98. The molecule has 1 aliphatic carbocycles. The van der Waals surface area contributed by atoms with E-state index in [1.54, 1.807) is 0 Å². The second-order valence-electron chi connectivity index (χ2n) is 3.81. The highest BCUT2D eigenvalue weighted by Crippen LogP contribution is 2.33. The predicted octanol–water partition coefficient (Wildman–Crippen LogP) is 3.98. The molecule has 1 unspecified atom stereocenters. The van der Waals surface area contributed by atoms with E-state index in [4.69, 9.17) is 0 Å². The third-order valence-electron chi connectivity index (χ3n) is 2.95. The molecular weight excluding hydrogens is 168 g/mol. The largest absolute Gasteiger partial charge is 0.0730 e. The molecule has 72 valence electrons. The van der Waals surface area contributed by atoms with Gasteiger partial charge in [-0.05, 0) is 24.5 Å². The fourth-order valence-corrected chi connectivity index (χ4v) is 2.09. The first kappa shape index (κ1) is 9.26. The van der Waals surface area contributed by atoms with Gasteiger partial charge in [-0.1, -0.05) is 55.0 Å². The third kappa shape index (κ3) is 1.52. The van der Waals surface area contributed by atoms with Gasteiger partial charge in [0.2, 0.25) is 0 Å². The van der Waals surface area contributed by atoms with E-state index in [1.807, 2.05) is 0 Å². The zero-order chi connectivity index (χ0) is 9.97. The first-order valence-electron chi connectivity index (χ1n) is 5.25. The van der Waals surface area contributed by atoms with Crippen LogP contribution in [0, 0.1) is 6.92 Å². The van der Waals surface area contributed by atoms with E-state index in [0.717, 1.165) is 6.42 Å². The topological polar surface area (TPSA) is 0 Å². The van der Waals surface area contributed by atoms with Crippen molar-refractivity contribution in [3.8, 4) is 0 Å². The summed E-state index contributed by atoms with van der Waals surface area (Å²) in [5, 5.41) is 0. The van der Waals surface area contributed by atoms with Gasteiger partial charge in [-0.15, -0.1) is 0 Å². The zero-order valence-electron chi connectivity index (χ0n) is 8.83. The van der Waals surface area contributed by atoms with Crippen molar-refractivity contribution in [2.24, 2.45) is 0 Å². The van der Waals surface area contributed by atoms with Crippen LogP contribution in [-0.4, -0.2) is 0 Å². The lowest BCUT2D eigenvalue weighted by Gasteiger charge is -2.15. The number of benzene rings is 1. The average Bonchev–Trinajstić information content (AvgIpc) is 2.66. The molecule has 0 heterocycles. The number of hydrogen-bond acceptors (Lipinski definition) is 0. The second kappa shape index (κ2) is 3.83. The molecule has 0 saturated heterocycles. The Balaban J connectivity index is 2.37. The van der Waals surface area contributed by atoms with Crippen molar-refractivity contribution in [1.29, 1.82) is 0 Å². The minimum Gasteiger partial charge on any atom is -0.0730 e. The fourth-order valence-electron chi connectivity index (χ4n) is 2.09. The third-order valence-corrected chi connectivity index (χ3v) is 2.95. The van der Waals surface area contributed by atoms with Gasteiger partial charge in [-0.3, -0.25) is 0 Å². The number of allylic oxidation sites excluding steroid dienone is 4. The van der Waals surface area contributed by atoms with E-state index in [1.165, 1.54) is 16.7 Å². The Kier molecular flexibility index (Phi) is 2.53. The molecule has 1 atom stereocenters. The van der Waals surface area contributed by atoms with E-state index in [0.29, 0.717) is 5.92 Å². The van der Waals surface area contributed by atoms with Gasteiger partial charge in [0, 0.05) is 5.92 Å². The molecule has 0 amide bonds. The van der Waals surface area contributed by atoms with Crippen LogP contribution in [0.4, 0.5) is 0 Å². The summed E-state index contributed by atoms with van der Waals surface area (Å²) in [5.41, 5.74) is 4.37. The summed E-state index contributed by atoms with van der Waals surface area (Å²) in [7, 11) is 0. The van der Waals surface area contributed by atoms with E-state index in [2.05, 4.69) is 56.3 Å². The van der Waals surface area contributed by atoms with Gasteiger partial charge in [-0.25, -0.2) is 0 Å². The fraction of sp³-hybridized carbons (Fsp3) is 0.286. The molecule has 1 aromatic carbocycles. The molecular formula is C14H16.